The molecular formula is C14H19F3N2. The Morgan fingerprint density at radius 3 is 2.68 bits per heavy atom. The van der Waals surface area contributed by atoms with Crippen LogP contribution >= 0.6 is 0 Å². The quantitative estimate of drug-likeness (QED) is 0.894. The molecule has 1 aliphatic heterocycles. The van der Waals surface area contributed by atoms with Crippen molar-refractivity contribution in [1.29, 1.82) is 0 Å². The summed E-state index contributed by atoms with van der Waals surface area (Å²) in [7, 11) is 0. The summed E-state index contributed by atoms with van der Waals surface area (Å²) in [5, 5.41) is 0. The van der Waals surface area contributed by atoms with E-state index in [1.54, 1.807) is 6.07 Å². The predicted octanol–water partition coefficient (Wildman–Crippen LogP) is 3.40. The van der Waals surface area contributed by atoms with Crippen LogP contribution in [-0.4, -0.2) is 13.1 Å². The van der Waals surface area contributed by atoms with Gasteiger partial charge in [-0.25, -0.2) is 0 Å². The minimum Gasteiger partial charge on any atom is -0.371 e. The molecular weight excluding hydrogens is 253 g/mol. The molecule has 1 fully saturated rings. The lowest BCUT2D eigenvalue weighted by Gasteiger charge is -2.33. The maximum Gasteiger partial charge on any atom is 0.416 e. The summed E-state index contributed by atoms with van der Waals surface area (Å²) < 4.78 is 39.0. The van der Waals surface area contributed by atoms with E-state index in [2.05, 4.69) is 6.92 Å². The molecule has 0 radical (unpaired) electrons. The number of nitrogens with zero attached hydrogens (tertiary/aromatic N) is 1. The summed E-state index contributed by atoms with van der Waals surface area (Å²) >= 11 is 0. The van der Waals surface area contributed by atoms with E-state index in [-0.39, 0.29) is 12.1 Å². The number of nitrogens with two attached hydrogens (primary N) is 1. The van der Waals surface area contributed by atoms with Gasteiger partial charge >= 0.3 is 6.18 Å². The van der Waals surface area contributed by atoms with Crippen molar-refractivity contribution in [3.8, 4) is 0 Å². The first-order valence-electron chi connectivity index (χ1n) is 6.57. The summed E-state index contributed by atoms with van der Waals surface area (Å²) in [5.41, 5.74) is 5.58. The van der Waals surface area contributed by atoms with Crippen LogP contribution in [0, 0.1) is 5.92 Å². The Morgan fingerprint density at radius 1 is 1.37 bits per heavy atom. The molecule has 1 aromatic carbocycles. The SMILES string of the molecule is CC1CCCN(c2ccc(CN)c(C(F)(F)F)c2)C1. The lowest BCUT2D eigenvalue weighted by atomic mass is 9.98. The minimum absolute atomic E-state index is 0.0917. The highest BCUT2D eigenvalue weighted by atomic mass is 19.4. The fraction of sp³-hybridized carbons (Fsp3) is 0.571. The molecule has 0 amide bonds. The van der Waals surface area contributed by atoms with Gasteiger partial charge in [0.15, 0.2) is 0 Å². The van der Waals surface area contributed by atoms with Crippen LogP contribution in [0.25, 0.3) is 0 Å². The molecule has 1 aliphatic rings. The van der Waals surface area contributed by atoms with Crippen LogP contribution in [0.3, 0.4) is 0 Å². The number of hydrogen-bond acceptors (Lipinski definition) is 2. The van der Waals surface area contributed by atoms with Gasteiger partial charge in [-0.15, -0.1) is 0 Å². The highest BCUT2D eigenvalue weighted by molar-refractivity contribution is 5.52. The van der Waals surface area contributed by atoms with Gasteiger partial charge in [0.25, 0.3) is 0 Å². The third kappa shape index (κ3) is 3.21. The fourth-order valence-corrected chi connectivity index (χ4v) is 2.63. The Morgan fingerprint density at radius 2 is 2.11 bits per heavy atom. The Balaban J connectivity index is 2.32. The number of anilines is 1. The normalized spacial score (nSPS) is 20.7. The third-order valence-electron chi connectivity index (χ3n) is 3.64. The van der Waals surface area contributed by atoms with E-state index in [0.717, 1.165) is 25.9 Å². The molecule has 1 unspecified atom stereocenters. The maximum absolute atomic E-state index is 13.0. The average Bonchev–Trinajstić information content (AvgIpc) is 2.37. The highest BCUT2D eigenvalue weighted by Gasteiger charge is 2.33. The first-order chi connectivity index (χ1) is 8.91. The van der Waals surface area contributed by atoms with Gasteiger partial charge in [-0.1, -0.05) is 13.0 Å². The third-order valence-corrected chi connectivity index (χ3v) is 3.64. The molecule has 0 bridgehead atoms. The second kappa shape index (κ2) is 5.41. The molecule has 0 saturated carbocycles. The zero-order chi connectivity index (χ0) is 14.0. The molecule has 1 aromatic rings. The first-order valence-corrected chi connectivity index (χ1v) is 6.57. The Hall–Kier alpha value is -1.23. The van der Waals surface area contributed by atoms with Gasteiger partial charge in [-0.2, -0.15) is 13.2 Å². The van der Waals surface area contributed by atoms with E-state index >= 15 is 0 Å². The number of rotatable bonds is 2. The van der Waals surface area contributed by atoms with Gasteiger partial charge in [0.2, 0.25) is 0 Å². The maximum atomic E-state index is 13.0. The van der Waals surface area contributed by atoms with Crippen molar-refractivity contribution in [2.75, 3.05) is 18.0 Å². The lowest BCUT2D eigenvalue weighted by molar-refractivity contribution is -0.138. The highest BCUT2D eigenvalue weighted by Crippen LogP contribution is 2.35. The molecule has 1 saturated heterocycles. The van der Waals surface area contributed by atoms with Gasteiger partial charge in [0.1, 0.15) is 0 Å². The van der Waals surface area contributed by atoms with Crippen molar-refractivity contribution in [3.05, 3.63) is 29.3 Å². The molecule has 1 atom stereocenters. The Bertz CT molecular complexity index is 443. The monoisotopic (exact) mass is 272 g/mol. The van der Waals surface area contributed by atoms with Crippen molar-refractivity contribution in [2.24, 2.45) is 11.7 Å². The second-order valence-corrected chi connectivity index (χ2v) is 5.24. The molecule has 2 N–H and O–H groups in total. The second-order valence-electron chi connectivity index (χ2n) is 5.24. The van der Waals surface area contributed by atoms with Gasteiger partial charge in [-0.05, 0) is 36.5 Å². The van der Waals surface area contributed by atoms with Gasteiger partial charge in [0.05, 0.1) is 5.56 Å². The minimum atomic E-state index is -4.34. The fourth-order valence-electron chi connectivity index (χ4n) is 2.63. The zero-order valence-corrected chi connectivity index (χ0v) is 11.0. The summed E-state index contributed by atoms with van der Waals surface area (Å²) in [5.74, 6) is 0.525. The van der Waals surface area contributed by atoms with Crippen molar-refractivity contribution >= 4 is 5.69 Å². The lowest BCUT2D eigenvalue weighted by Crippen LogP contribution is -2.34. The number of piperidine rings is 1. The molecule has 5 heteroatoms. The molecule has 2 rings (SSSR count). The van der Waals surface area contributed by atoms with Crippen LogP contribution in [0.15, 0.2) is 18.2 Å². The Labute approximate surface area is 111 Å². The van der Waals surface area contributed by atoms with Gasteiger partial charge < -0.3 is 10.6 Å². The van der Waals surface area contributed by atoms with E-state index < -0.39 is 11.7 Å². The number of alkyl halides is 3. The Kier molecular flexibility index (Phi) is 4.04. The molecule has 0 aromatic heterocycles. The van der Waals surface area contributed by atoms with E-state index in [9.17, 15) is 13.2 Å². The molecule has 106 valence electrons. The molecule has 19 heavy (non-hydrogen) atoms. The van der Waals surface area contributed by atoms with E-state index in [0.29, 0.717) is 11.6 Å². The van der Waals surface area contributed by atoms with Crippen LogP contribution in [0.4, 0.5) is 18.9 Å². The predicted molar refractivity (Wildman–Crippen MR) is 69.9 cm³/mol. The molecule has 0 aliphatic carbocycles. The van der Waals surface area contributed by atoms with Crippen LogP contribution in [0.1, 0.15) is 30.9 Å². The molecule has 2 nitrogen and oxygen atoms in total. The van der Waals surface area contributed by atoms with Crippen LogP contribution in [-0.2, 0) is 12.7 Å². The smallest absolute Gasteiger partial charge is 0.371 e. The van der Waals surface area contributed by atoms with Crippen molar-refractivity contribution in [1.82, 2.24) is 0 Å². The summed E-state index contributed by atoms with van der Waals surface area (Å²) in [6.07, 6.45) is -2.17. The van der Waals surface area contributed by atoms with Crippen LogP contribution < -0.4 is 10.6 Å². The van der Waals surface area contributed by atoms with Crippen molar-refractivity contribution in [3.63, 3.8) is 0 Å². The topological polar surface area (TPSA) is 29.3 Å². The van der Waals surface area contributed by atoms with Gasteiger partial charge in [0, 0.05) is 25.3 Å². The number of halogens is 3. The number of hydrogen-bond donors (Lipinski definition) is 1. The zero-order valence-electron chi connectivity index (χ0n) is 11.0. The van der Waals surface area contributed by atoms with E-state index in [4.69, 9.17) is 5.73 Å². The van der Waals surface area contributed by atoms with Crippen LogP contribution in [0.2, 0.25) is 0 Å². The van der Waals surface area contributed by atoms with Gasteiger partial charge in [-0.3, -0.25) is 0 Å². The summed E-state index contributed by atoms with van der Waals surface area (Å²) in [6.45, 7) is 3.68. The largest absolute Gasteiger partial charge is 0.416 e. The van der Waals surface area contributed by atoms with E-state index in [1.165, 1.54) is 12.1 Å². The number of benzene rings is 1. The van der Waals surface area contributed by atoms with E-state index in [1.807, 2.05) is 4.90 Å². The summed E-state index contributed by atoms with van der Waals surface area (Å²) in [4.78, 5) is 2.03. The van der Waals surface area contributed by atoms with Crippen molar-refractivity contribution in [2.45, 2.75) is 32.5 Å². The van der Waals surface area contributed by atoms with Crippen molar-refractivity contribution < 1.29 is 13.2 Å². The molecule has 0 spiro atoms. The summed E-state index contributed by atoms with van der Waals surface area (Å²) in [6, 6.07) is 4.48. The average molecular weight is 272 g/mol. The van der Waals surface area contributed by atoms with Crippen LogP contribution in [0.5, 0.6) is 0 Å². The standard InChI is InChI=1S/C14H19F3N2/c1-10-3-2-6-19(9-10)12-5-4-11(8-18)13(7-12)14(15,16)17/h4-5,7,10H,2-3,6,8-9,18H2,1H3. The first kappa shape index (κ1) is 14.2. The molecule has 1 heterocycles.